The third kappa shape index (κ3) is 20.0. The quantitative estimate of drug-likeness (QED) is 0.0734. The predicted octanol–water partition coefficient (Wildman–Crippen LogP) is 12.2. The van der Waals surface area contributed by atoms with E-state index in [2.05, 4.69) is 55.4 Å². The van der Waals surface area contributed by atoms with E-state index in [0.29, 0.717) is 0 Å². The van der Waals surface area contributed by atoms with E-state index in [4.69, 9.17) is 22.4 Å². The van der Waals surface area contributed by atoms with Gasteiger partial charge in [0.25, 0.3) is 0 Å². The van der Waals surface area contributed by atoms with Gasteiger partial charge in [-0.15, -0.1) is 0 Å². The van der Waals surface area contributed by atoms with Crippen LogP contribution < -0.4 is 0 Å². The molecule has 0 aliphatic heterocycles. The molecule has 0 aromatic carbocycles. The molecular formula is C32H68O7P2. The van der Waals surface area contributed by atoms with Gasteiger partial charge in [-0.1, -0.05) is 132 Å². The summed E-state index contributed by atoms with van der Waals surface area (Å²) in [6, 6.07) is 0. The molecule has 9 heteroatoms. The van der Waals surface area contributed by atoms with Crippen LogP contribution in [0.5, 0.6) is 0 Å². The van der Waals surface area contributed by atoms with Crippen LogP contribution in [0, 0.1) is 23.7 Å². The minimum absolute atomic E-state index is 0.218. The first-order valence-corrected chi connectivity index (χ1v) is 20.1. The zero-order chi connectivity index (χ0) is 31.0. The smallest absolute Gasteiger partial charge is 0.286 e. The molecule has 0 aliphatic carbocycles. The molecule has 0 spiro atoms. The molecule has 7 nitrogen and oxygen atoms in total. The second-order valence-electron chi connectivity index (χ2n) is 11.8. The largest absolute Gasteiger partial charge is 0.483 e. The molecule has 0 aromatic heterocycles. The van der Waals surface area contributed by atoms with Crippen LogP contribution in [-0.4, -0.2) is 26.4 Å². The van der Waals surface area contributed by atoms with Gasteiger partial charge in [0, 0.05) is 0 Å². The van der Waals surface area contributed by atoms with Gasteiger partial charge in [-0.25, -0.2) is 9.13 Å². The first-order chi connectivity index (χ1) is 19.7. The summed E-state index contributed by atoms with van der Waals surface area (Å²) in [6.07, 6.45) is 16.1. The van der Waals surface area contributed by atoms with Crippen LogP contribution in [0.25, 0.3) is 0 Å². The highest BCUT2D eigenvalue weighted by molar-refractivity contribution is 7.62. The van der Waals surface area contributed by atoms with Gasteiger partial charge < -0.3 is 0 Å². The maximum atomic E-state index is 14.2. The van der Waals surface area contributed by atoms with E-state index in [1.165, 1.54) is 0 Å². The Balaban J connectivity index is 5.97. The summed E-state index contributed by atoms with van der Waals surface area (Å²) < 4.78 is 58.0. The molecular weight excluding hydrogens is 558 g/mol. The van der Waals surface area contributed by atoms with Gasteiger partial charge in [0.05, 0.1) is 26.4 Å². The van der Waals surface area contributed by atoms with Gasteiger partial charge in [-0.2, -0.15) is 4.31 Å². The minimum Gasteiger partial charge on any atom is -0.286 e. The van der Waals surface area contributed by atoms with Crippen molar-refractivity contribution in [3.8, 4) is 0 Å². The highest BCUT2D eigenvalue weighted by Crippen LogP contribution is 2.66. The van der Waals surface area contributed by atoms with E-state index in [-0.39, 0.29) is 50.1 Å². The van der Waals surface area contributed by atoms with Gasteiger partial charge in [-0.05, 0) is 49.4 Å². The highest BCUT2D eigenvalue weighted by atomic mass is 31.3. The fourth-order valence-electron chi connectivity index (χ4n) is 4.67. The van der Waals surface area contributed by atoms with Crippen molar-refractivity contribution in [2.24, 2.45) is 23.7 Å². The molecule has 0 heterocycles. The fourth-order valence-corrected chi connectivity index (χ4v) is 8.13. The lowest BCUT2D eigenvalue weighted by Gasteiger charge is -2.28. The number of hydrogen-bond acceptors (Lipinski definition) is 7. The van der Waals surface area contributed by atoms with Crippen LogP contribution in [0.4, 0.5) is 0 Å². The second kappa shape index (κ2) is 25.6. The third-order valence-corrected chi connectivity index (χ3v) is 11.7. The predicted molar refractivity (Wildman–Crippen MR) is 173 cm³/mol. The molecule has 0 bridgehead atoms. The van der Waals surface area contributed by atoms with Crippen molar-refractivity contribution in [2.45, 2.75) is 158 Å². The molecule has 0 rings (SSSR count). The highest BCUT2D eigenvalue weighted by Gasteiger charge is 2.42. The number of phosphoric ester groups is 2. The summed E-state index contributed by atoms with van der Waals surface area (Å²) in [6.45, 7) is 17.9. The monoisotopic (exact) mass is 626 g/mol. The van der Waals surface area contributed by atoms with E-state index in [1.54, 1.807) is 0 Å². The summed E-state index contributed by atoms with van der Waals surface area (Å²) in [5.41, 5.74) is 0. The van der Waals surface area contributed by atoms with Gasteiger partial charge in [0.2, 0.25) is 0 Å². The molecule has 0 fully saturated rings. The Morgan fingerprint density at radius 3 is 0.805 bits per heavy atom. The van der Waals surface area contributed by atoms with Crippen LogP contribution >= 0.6 is 15.6 Å². The Morgan fingerprint density at radius 2 is 0.634 bits per heavy atom. The van der Waals surface area contributed by atoms with Gasteiger partial charge in [0.15, 0.2) is 0 Å². The van der Waals surface area contributed by atoms with E-state index in [0.717, 1.165) is 103 Å². The Labute approximate surface area is 255 Å². The average molecular weight is 627 g/mol. The van der Waals surface area contributed by atoms with Crippen molar-refractivity contribution in [1.82, 2.24) is 0 Å². The van der Waals surface area contributed by atoms with Gasteiger partial charge in [-0.3, -0.25) is 18.1 Å². The third-order valence-electron chi connectivity index (χ3n) is 8.25. The van der Waals surface area contributed by atoms with Gasteiger partial charge >= 0.3 is 15.6 Å². The summed E-state index contributed by atoms with van der Waals surface area (Å²) >= 11 is 0. The van der Waals surface area contributed by atoms with E-state index >= 15 is 0 Å². The minimum atomic E-state index is -4.23. The van der Waals surface area contributed by atoms with Crippen LogP contribution in [0.1, 0.15) is 158 Å². The van der Waals surface area contributed by atoms with Crippen LogP contribution in [0.2, 0.25) is 0 Å². The first kappa shape index (κ1) is 41.3. The number of hydrogen-bond donors (Lipinski definition) is 0. The molecule has 0 saturated carbocycles. The fraction of sp³-hybridized carbons (Fsp3) is 1.00. The molecule has 0 saturated heterocycles. The summed E-state index contributed by atoms with van der Waals surface area (Å²) in [5.74, 6) is 0.873. The molecule has 41 heavy (non-hydrogen) atoms. The van der Waals surface area contributed by atoms with E-state index in [9.17, 15) is 9.13 Å². The van der Waals surface area contributed by atoms with Crippen molar-refractivity contribution < 1.29 is 31.5 Å². The zero-order valence-electron chi connectivity index (χ0n) is 28.2. The molecule has 4 unspecified atom stereocenters. The lowest BCUT2D eigenvalue weighted by Crippen LogP contribution is -2.16. The first-order valence-electron chi connectivity index (χ1n) is 17.2. The van der Waals surface area contributed by atoms with Crippen molar-refractivity contribution in [3.63, 3.8) is 0 Å². The number of rotatable bonds is 30. The summed E-state index contributed by atoms with van der Waals surface area (Å²) in [5, 5.41) is 0. The molecule has 0 aromatic rings. The maximum absolute atomic E-state index is 14.2. The normalized spacial score (nSPS) is 18.0. The van der Waals surface area contributed by atoms with Crippen molar-refractivity contribution >= 4 is 15.6 Å². The lowest BCUT2D eigenvalue weighted by molar-refractivity contribution is 0.0764. The number of unbranched alkanes of at least 4 members (excludes halogenated alkanes) is 4. The average Bonchev–Trinajstić information content (AvgIpc) is 2.97. The summed E-state index contributed by atoms with van der Waals surface area (Å²) in [4.78, 5) is 0. The van der Waals surface area contributed by atoms with Crippen molar-refractivity contribution in [3.05, 3.63) is 0 Å². The van der Waals surface area contributed by atoms with Crippen LogP contribution in [0.15, 0.2) is 0 Å². The Morgan fingerprint density at radius 1 is 0.415 bits per heavy atom. The molecule has 4 atom stereocenters. The SMILES string of the molecule is CCCCC(CC)COP(=O)(OCC(CC)CCCC)OP(=O)(OCC(CC)CCCC)OCC(CC)CCCC. The summed E-state index contributed by atoms with van der Waals surface area (Å²) in [7, 11) is -8.46. The molecule has 0 radical (unpaired) electrons. The van der Waals surface area contributed by atoms with E-state index < -0.39 is 15.6 Å². The van der Waals surface area contributed by atoms with Crippen molar-refractivity contribution in [1.29, 1.82) is 0 Å². The number of phosphoric acid groups is 2. The van der Waals surface area contributed by atoms with Crippen LogP contribution in [0.3, 0.4) is 0 Å². The Bertz CT molecular complexity index is 587. The van der Waals surface area contributed by atoms with E-state index in [1.807, 2.05) is 0 Å². The second-order valence-corrected chi connectivity index (χ2v) is 15.3. The Kier molecular flexibility index (Phi) is 25.7. The molecule has 248 valence electrons. The molecule has 0 amide bonds. The van der Waals surface area contributed by atoms with Crippen molar-refractivity contribution in [2.75, 3.05) is 26.4 Å². The zero-order valence-corrected chi connectivity index (χ0v) is 30.0. The van der Waals surface area contributed by atoms with Gasteiger partial charge in [0.1, 0.15) is 0 Å². The maximum Gasteiger partial charge on any atom is 0.483 e. The topological polar surface area (TPSA) is 80.3 Å². The Hall–Kier alpha value is 0.260. The molecule has 0 N–H and O–H groups in total. The van der Waals surface area contributed by atoms with Crippen LogP contribution in [-0.2, 0) is 31.5 Å². The lowest BCUT2D eigenvalue weighted by atomic mass is 10.0. The molecule has 0 aliphatic rings. The standard InChI is InChI=1S/C32H68O7P2/c1-9-17-21-29(13-5)25-35-40(33,36-26-30(14-6)22-18-10-2)39-41(34,37-27-31(15-7)23-19-11-3)38-28-32(16-8)24-20-12-4/h29-32H,9-28H2,1-8H3.